The van der Waals surface area contributed by atoms with Gasteiger partial charge in [0.1, 0.15) is 18.8 Å². The van der Waals surface area contributed by atoms with E-state index >= 15 is 0 Å². The molecule has 24 heavy (non-hydrogen) atoms. The highest BCUT2D eigenvalue weighted by molar-refractivity contribution is 6.31. The van der Waals surface area contributed by atoms with Gasteiger partial charge in [0.25, 0.3) is 0 Å². The van der Waals surface area contributed by atoms with Crippen LogP contribution < -0.4 is 11.1 Å². The van der Waals surface area contributed by atoms with Crippen molar-refractivity contribution < 1.29 is 19.7 Å². The molecule has 0 saturated carbocycles. The third-order valence-electron chi connectivity index (χ3n) is 3.37. The Bertz CT molecular complexity index is 682. The molecule has 0 aliphatic rings. The monoisotopic (exact) mass is 350 g/mol. The number of hydrogen-bond acceptors (Lipinski definition) is 5. The summed E-state index contributed by atoms with van der Waals surface area (Å²) in [6.45, 7) is -0.0771. The van der Waals surface area contributed by atoms with E-state index in [-0.39, 0.29) is 18.2 Å². The van der Waals surface area contributed by atoms with Crippen LogP contribution in [-0.2, 0) is 11.3 Å². The minimum absolute atomic E-state index is 0.117. The zero-order chi connectivity index (χ0) is 17.5. The SMILES string of the molecule is Nc1ccc(Cl)c(C(O)C(O)CNC(=O)OCc2ccccc2)c1. The Morgan fingerprint density at radius 2 is 1.92 bits per heavy atom. The molecule has 2 aromatic rings. The van der Waals surface area contributed by atoms with E-state index in [0.717, 1.165) is 5.56 Å². The van der Waals surface area contributed by atoms with E-state index < -0.39 is 18.3 Å². The lowest BCUT2D eigenvalue weighted by molar-refractivity contribution is 0.0185. The molecule has 128 valence electrons. The molecular weight excluding hydrogens is 332 g/mol. The number of amides is 1. The topological polar surface area (TPSA) is 105 Å². The van der Waals surface area contributed by atoms with Gasteiger partial charge in [0.05, 0.1) is 0 Å². The number of hydrogen-bond donors (Lipinski definition) is 4. The third-order valence-corrected chi connectivity index (χ3v) is 3.72. The van der Waals surface area contributed by atoms with Crippen molar-refractivity contribution in [1.29, 1.82) is 0 Å². The highest BCUT2D eigenvalue weighted by Gasteiger charge is 2.21. The van der Waals surface area contributed by atoms with Gasteiger partial charge in [0.15, 0.2) is 0 Å². The van der Waals surface area contributed by atoms with Crippen molar-refractivity contribution in [3.63, 3.8) is 0 Å². The first-order valence-corrected chi connectivity index (χ1v) is 7.71. The van der Waals surface area contributed by atoms with Gasteiger partial charge in [0, 0.05) is 22.8 Å². The number of nitrogen functional groups attached to an aromatic ring is 1. The van der Waals surface area contributed by atoms with Gasteiger partial charge in [-0.2, -0.15) is 0 Å². The number of aliphatic hydroxyl groups is 2. The maximum absolute atomic E-state index is 11.6. The first kappa shape index (κ1) is 18.1. The molecule has 0 fully saturated rings. The largest absolute Gasteiger partial charge is 0.445 e. The number of alkyl carbamates (subject to hydrolysis) is 1. The van der Waals surface area contributed by atoms with Crippen LogP contribution in [0.15, 0.2) is 48.5 Å². The number of rotatable bonds is 6. The van der Waals surface area contributed by atoms with Crippen LogP contribution in [0, 0.1) is 0 Å². The van der Waals surface area contributed by atoms with E-state index in [4.69, 9.17) is 22.1 Å². The van der Waals surface area contributed by atoms with Crippen molar-refractivity contribution in [2.75, 3.05) is 12.3 Å². The first-order chi connectivity index (χ1) is 11.5. The summed E-state index contributed by atoms with van der Waals surface area (Å²) in [7, 11) is 0. The molecule has 1 amide bonds. The normalized spacial score (nSPS) is 13.1. The number of anilines is 1. The van der Waals surface area contributed by atoms with Crippen molar-refractivity contribution in [2.45, 2.75) is 18.8 Å². The average Bonchev–Trinajstić information content (AvgIpc) is 2.60. The van der Waals surface area contributed by atoms with Crippen LogP contribution in [-0.4, -0.2) is 29.0 Å². The van der Waals surface area contributed by atoms with Crippen LogP contribution in [0.25, 0.3) is 0 Å². The number of ether oxygens (including phenoxy) is 1. The summed E-state index contributed by atoms with van der Waals surface area (Å²) < 4.78 is 5.02. The quantitative estimate of drug-likeness (QED) is 0.598. The Balaban J connectivity index is 1.82. The molecule has 0 aliphatic heterocycles. The number of carbonyl (C=O) groups excluding carboxylic acids is 1. The summed E-state index contributed by atoms with van der Waals surface area (Å²) >= 11 is 5.98. The van der Waals surface area contributed by atoms with Gasteiger partial charge in [-0.3, -0.25) is 0 Å². The number of benzene rings is 2. The number of nitrogens with one attached hydrogen (secondary N) is 1. The van der Waals surface area contributed by atoms with Crippen LogP contribution in [0.4, 0.5) is 10.5 Å². The molecule has 0 aromatic heterocycles. The van der Waals surface area contributed by atoms with Gasteiger partial charge in [-0.1, -0.05) is 41.9 Å². The highest BCUT2D eigenvalue weighted by Crippen LogP contribution is 2.27. The number of halogens is 1. The van der Waals surface area contributed by atoms with Crippen molar-refractivity contribution >= 4 is 23.4 Å². The van der Waals surface area contributed by atoms with Gasteiger partial charge in [0.2, 0.25) is 0 Å². The lowest BCUT2D eigenvalue weighted by atomic mass is 10.0. The Kier molecular flexibility index (Phi) is 6.43. The fourth-order valence-corrected chi connectivity index (χ4v) is 2.30. The summed E-state index contributed by atoms with van der Waals surface area (Å²) in [6, 6.07) is 13.8. The number of nitrogens with two attached hydrogens (primary N) is 1. The minimum Gasteiger partial charge on any atom is -0.445 e. The highest BCUT2D eigenvalue weighted by atomic mass is 35.5. The second-order valence-corrected chi connectivity index (χ2v) is 5.64. The maximum Gasteiger partial charge on any atom is 0.407 e. The molecule has 0 aliphatic carbocycles. The molecule has 2 aromatic carbocycles. The second kappa shape index (κ2) is 8.54. The van der Waals surface area contributed by atoms with E-state index in [1.165, 1.54) is 12.1 Å². The Morgan fingerprint density at radius 3 is 2.62 bits per heavy atom. The van der Waals surface area contributed by atoms with E-state index in [2.05, 4.69) is 5.32 Å². The molecule has 7 heteroatoms. The fraction of sp³-hybridized carbons (Fsp3) is 0.235. The Labute approximate surface area is 144 Å². The fourth-order valence-electron chi connectivity index (χ4n) is 2.07. The zero-order valence-electron chi connectivity index (χ0n) is 12.9. The van der Waals surface area contributed by atoms with Gasteiger partial charge in [-0.05, 0) is 23.8 Å². The second-order valence-electron chi connectivity index (χ2n) is 5.24. The van der Waals surface area contributed by atoms with Gasteiger partial charge >= 0.3 is 6.09 Å². The summed E-state index contributed by atoms with van der Waals surface area (Å²) in [6.07, 6.45) is -3.23. The van der Waals surface area contributed by atoms with Crippen molar-refractivity contribution in [1.82, 2.24) is 5.32 Å². The molecule has 0 bridgehead atoms. The smallest absolute Gasteiger partial charge is 0.407 e. The van der Waals surface area contributed by atoms with Crippen LogP contribution in [0.3, 0.4) is 0 Å². The van der Waals surface area contributed by atoms with E-state index in [0.29, 0.717) is 11.3 Å². The van der Waals surface area contributed by atoms with Crippen LogP contribution >= 0.6 is 11.6 Å². The van der Waals surface area contributed by atoms with E-state index in [9.17, 15) is 15.0 Å². The molecule has 2 rings (SSSR count). The van der Waals surface area contributed by atoms with Crippen molar-refractivity contribution in [3.8, 4) is 0 Å². The van der Waals surface area contributed by atoms with Crippen molar-refractivity contribution in [2.24, 2.45) is 0 Å². The Morgan fingerprint density at radius 1 is 1.21 bits per heavy atom. The number of carbonyl (C=O) groups is 1. The maximum atomic E-state index is 11.6. The third kappa shape index (κ3) is 5.13. The first-order valence-electron chi connectivity index (χ1n) is 7.33. The molecule has 6 nitrogen and oxygen atoms in total. The Hall–Kier alpha value is -2.28. The van der Waals surface area contributed by atoms with E-state index in [1.807, 2.05) is 30.3 Å². The van der Waals surface area contributed by atoms with Gasteiger partial charge in [-0.25, -0.2) is 4.79 Å². The summed E-state index contributed by atoms with van der Waals surface area (Å²) in [4.78, 5) is 11.6. The number of aliphatic hydroxyl groups excluding tert-OH is 2. The molecule has 0 spiro atoms. The summed E-state index contributed by atoms with van der Waals surface area (Å²) in [5.41, 5.74) is 7.20. The predicted octanol–water partition coefficient (Wildman–Crippen LogP) is 2.24. The lowest BCUT2D eigenvalue weighted by Crippen LogP contribution is -2.35. The lowest BCUT2D eigenvalue weighted by Gasteiger charge is -2.20. The molecule has 2 atom stereocenters. The van der Waals surface area contributed by atoms with Gasteiger partial charge in [-0.15, -0.1) is 0 Å². The molecule has 0 saturated heterocycles. The van der Waals surface area contributed by atoms with Gasteiger partial charge < -0.3 is 26.0 Å². The molecule has 2 unspecified atom stereocenters. The summed E-state index contributed by atoms with van der Waals surface area (Å²) in [5.74, 6) is 0. The zero-order valence-corrected chi connectivity index (χ0v) is 13.6. The molecular formula is C17H19ClN2O4. The predicted molar refractivity (Wildman–Crippen MR) is 91.5 cm³/mol. The van der Waals surface area contributed by atoms with E-state index in [1.54, 1.807) is 6.07 Å². The molecule has 0 heterocycles. The van der Waals surface area contributed by atoms with Crippen LogP contribution in [0.1, 0.15) is 17.2 Å². The van der Waals surface area contributed by atoms with Crippen molar-refractivity contribution in [3.05, 3.63) is 64.7 Å². The van der Waals surface area contributed by atoms with Crippen LogP contribution in [0.2, 0.25) is 5.02 Å². The minimum atomic E-state index is -1.28. The summed E-state index contributed by atoms with van der Waals surface area (Å²) in [5, 5.41) is 22.8. The standard InChI is InChI=1S/C17H19ClN2O4/c18-14-7-6-12(19)8-13(14)16(22)15(21)9-20-17(23)24-10-11-4-2-1-3-5-11/h1-8,15-16,21-22H,9-10,19H2,(H,20,23). The average molecular weight is 351 g/mol. The molecule has 0 radical (unpaired) electrons. The van der Waals surface area contributed by atoms with Crippen LogP contribution in [0.5, 0.6) is 0 Å². The molecule has 5 N–H and O–H groups in total.